The fourth-order valence-electron chi connectivity index (χ4n) is 2.12. The van der Waals surface area contributed by atoms with Gasteiger partial charge in [0.1, 0.15) is 11.5 Å². The molecule has 0 aliphatic rings. The first-order valence-electron chi connectivity index (χ1n) is 7.55. The summed E-state index contributed by atoms with van der Waals surface area (Å²) in [5.74, 6) is 0.0226. The number of aromatic hydroxyl groups is 1. The molecule has 24 heavy (non-hydrogen) atoms. The van der Waals surface area contributed by atoms with Crippen LogP contribution in [0.2, 0.25) is 0 Å². The summed E-state index contributed by atoms with van der Waals surface area (Å²) in [6.07, 6.45) is 3.06. The number of carbonyl (C=O) groups is 2. The molecule has 0 bridgehead atoms. The molecule has 0 aromatic heterocycles. The lowest BCUT2D eigenvalue weighted by Gasteiger charge is -2.05. The molecule has 5 heteroatoms. The molecule has 2 N–H and O–H groups in total. The highest BCUT2D eigenvalue weighted by Crippen LogP contribution is 2.23. The number of allylic oxidation sites excluding steroid dienone is 1. The van der Waals surface area contributed by atoms with Gasteiger partial charge in [0.25, 0.3) is 0 Å². The van der Waals surface area contributed by atoms with E-state index in [9.17, 15) is 14.7 Å². The number of phenols is 1. The molecule has 0 aliphatic heterocycles. The number of phenolic OH excluding ortho intramolecular Hbond substituents is 1. The van der Waals surface area contributed by atoms with Crippen LogP contribution in [0.15, 0.2) is 48.5 Å². The summed E-state index contributed by atoms with van der Waals surface area (Å²) in [4.78, 5) is 23.2. The quantitative estimate of drug-likeness (QED) is 0.628. The predicted molar refractivity (Wildman–Crippen MR) is 93.4 cm³/mol. The highest BCUT2D eigenvalue weighted by atomic mass is 16.5. The number of anilines is 1. The third-order valence-corrected chi connectivity index (χ3v) is 3.20. The number of ketones is 1. The zero-order chi connectivity index (χ0) is 17.5. The Labute approximate surface area is 140 Å². The molecule has 0 heterocycles. The molecule has 0 radical (unpaired) electrons. The van der Waals surface area contributed by atoms with Gasteiger partial charge < -0.3 is 15.2 Å². The second-order valence-electron chi connectivity index (χ2n) is 5.11. The number of carbonyl (C=O) groups excluding carboxylic acids is 2. The minimum atomic E-state index is -0.323. The van der Waals surface area contributed by atoms with Crippen LogP contribution in [0, 0.1) is 0 Å². The fraction of sp³-hybridized carbons (Fsp3) is 0.158. The summed E-state index contributed by atoms with van der Waals surface area (Å²) >= 11 is 0. The van der Waals surface area contributed by atoms with Gasteiger partial charge in [0.05, 0.1) is 12.2 Å². The number of rotatable bonds is 6. The third-order valence-electron chi connectivity index (χ3n) is 3.20. The summed E-state index contributed by atoms with van der Waals surface area (Å²) in [6, 6.07) is 11.7. The van der Waals surface area contributed by atoms with Crippen LogP contribution >= 0.6 is 0 Å². The Morgan fingerprint density at radius 1 is 1.17 bits per heavy atom. The number of nitrogens with one attached hydrogen (secondary N) is 1. The predicted octanol–water partition coefficient (Wildman–Crippen LogP) is 3.65. The van der Waals surface area contributed by atoms with Crippen molar-refractivity contribution in [3.05, 3.63) is 59.7 Å². The van der Waals surface area contributed by atoms with Gasteiger partial charge in [-0.3, -0.25) is 9.59 Å². The topological polar surface area (TPSA) is 75.6 Å². The normalized spacial score (nSPS) is 10.6. The van der Waals surface area contributed by atoms with E-state index in [0.29, 0.717) is 12.3 Å². The molecule has 0 fully saturated rings. The Morgan fingerprint density at radius 2 is 1.88 bits per heavy atom. The first-order valence-corrected chi connectivity index (χ1v) is 7.55. The molecule has 0 unspecified atom stereocenters. The van der Waals surface area contributed by atoms with E-state index in [2.05, 4.69) is 5.32 Å². The molecule has 124 valence electrons. The van der Waals surface area contributed by atoms with Crippen molar-refractivity contribution in [2.24, 2.45) is 0 Å². The first-order chi connectivity index (χ1) is 11.5. The van der Waals surface area contributed by atoms with Crippen LogP contribution in [0.3, 0.4) is 0 Å². The molecule has 0 saturated carbocycles. The average molecular weight is 325 g/mol. The standard InChI is InChI=1S/C19H19NO4/c1-3-24-16-8-4-14(5-9-16)6-11-18(22)17-10-7-15(12-19(17)23)20-13(2)21/h4-12,23H,3H2,1-2H3,(H,20,21). The van der Waals surface area contributed by atoms with E-state index in [0.717, 1.165) is 11.3 Å². The Balaban J connectivity index is 2.09. The Hall–Kier alpha value is -3.08. The van der Waals surface area contributed by atoms with Gasteiger partial charge in [-0.15, -0.1) is 0 Å². The van der Waals surface area contributed by atoms with Gasteiger partial charge in [0.15, 0.2) is 5.78 Å². The van der Waals surface area contributed by atoms with Gasteiger partial charge in [0, 0.05) is 18.7 Å². The van der Waals surface area contributed by atoms with E-state index < -0.39 is 0 Å². The molecule has 1 amide bonds. The average Bonchev–Trinajstić information content (AvgIpc) is 2.54. The SMILES string of the molecule is CCOc1ccc(C=CC(=O)c2ccc(NC(C)=O)cc2O)cc1. The number of hydrogen-bond donors (Lipinski definition) is 2. The highest BCUT2D eigenvalue weighted by Gasteiger charge is 2.09. The lowest BCUT2D eigenvalue weighted by Crippen LogP contribution is -2.06. The summed E-state index contributed by atoms with van der Waals surface area (Å²) in [5.41, 5.74) is 1.46. The van der Waals surface area contributed by atoms with Crippen molar-refractivity contribution in [1.82, 2.24) is 0 Å². The van der Waals surface area contributed by atoms with Crippen molar-refractivity contribution in [2.45, 2.75) is 13.8 Å². The fourth-order valence-corrected chi connectivity index (χ4v) is 2.12. The summed E-state index contributed by atoms with van der Waals surface area (Å²) in [7, 11) is 0. The maximum atomic E-state index is 12.2. The lowest BCUT2D eigenvalue weighted by atomic mass is 10.1. The van der Waals surface area contributed by atoms with Crippen LogP contribution in [0.4, 0.5) is 5.69 Å². The zero-order valence-electron chi connectivity index (χ0n) is 13.6. The van der Waals surface area contributed by atoms with Crippen LogP contribution < -0.4 is 10.1 Å². The van der Waals surface area contributed by atoms with Gasteiger partial charge >= 0.3 is 0 Å². The zero-order valence-corrected chi connectivity index (χ0v) is 13.6. The van der Waals surface area contributed by atoms with Gasteiger partial charge in [-0.05, 0) is 42.8 Å². The van der Waals surface area contributed by atoms with E-state index in [1.807, 2.05) is 31.2 Å². The minimum Gasteiger partial charge on any atom is -0.507 e. The van der Waals surface area contributed by atoms with E-state index in [1.54, 1.807) is 12.1 Å². The molecule has 0 saturated heterocycles. The Bertz CT molecular complexity index is 763. The third kappa shape index (κ3) is 4.71. The number of hydrogen-bond acceptors (Lipinski definition) is 4. The maximum Gasteiger partial charge on any atom is 0.221 e. The largest absolute Gasteiger partial charge is 0.507 e. The van der Waals surface area contributed by atoms with Crippen molar-refractivity contribution in [3.8, 4) is 11.5 Å². The monoisotopic (exact) mass is 325 g/mol. The molecular formula is C19H19NO4. The van der Waals surface area contributed by atoms with Crippen molar-refractivity contribution in [2.75, 3.05) is 11.9 Å². The van der Waals surface area contributed by atoms with Crippen molar-refractivity contribution >= 4 is 23.5 Å². The number of benzene rings is 2. The van der Waals surface area contributed by atoms with E-state index in [4.69, 9.17) is 4.74 Å². The lowest BCUT2D eigenvalue weighted by molar-refractivity contribution is -0.114. The van der Waals surface area contributed by atoms with Gasteiger partial charge in [-0.1, -0.05) is 18.2 Å². The molecular weight excluding hydrogens is 306 g/mol. The number of ether oxygens (including phenoxy) is 1. The van der Waals surface area contributed by atoms with Gasteiger partial charge in [-0.25, -0.2) is 0 Å². The van der Waals surface area contributed by atoms with E-state index in [1.165, 1.54) is 25.1 Å². The maximum absolute atomic E-state index is 12.2. The first kappa shape index (κ1) is 17.3. The van der Waals surface area contributed by atoms with E-state index in [-0.39, 0.29) is 23.0 Å². The second kappa shape index (κ2) is 7.97. The molecule has 2 aromatic carbocycles. The smallest absolute Gasteiger partial charge is 0.221 e. The Kier molecular flexibility index (Phi) is 5.73. The molecule has 0 aliphatic carbocycles. The van der Waals surface area contributed by atoms with E-state index >= 15 is 0 Å². The number of amides is 1. The van der Waals surface area contributed by atoms with Crippen molar-refractivity contribution < 1.29 is 19.4 Å². The van der Waals surface area contributed by atoms with Crippen LogP contribution in [0.1, 0.15) is 29.8 Å². The van der Waals surface area contributed by atoms with Crippen molar-refractivity contribution in [1.29, 1.82) is 0 Å². The van der Waals surface area contributed by atoms with Crippen LogP contribution in [0.5, 0.6) is 11.5 Å². The molecule has 2 rings (SSSR count). The van der Waals surface area contributed by atoms with Gasteiger partial charge in [-0.2, -0.15) is 0 Å². The highest BCUT2D eigenvalue weighted by molar-refractivity contribution is 6.09. The molecule has 0 atom stereocenters. The molecule has 5 nitrogen and oxygen atoms in total. The second-order valence-corrected chi connectivity index (χ2v) is 5.11. The summed E-state index contributed by atoms with van der Waals surface area (Å²) in [5, 5.41) is 12.5. The van der Waals surface area contributed by atoms with Crippen molar-refractivity contribution in [3.63, 3.8) is 0 Å². The minimum absolute atomic E-state index is 0.172. The molecule has 0 spiro atoms. The van der Waals surface area contributed by atoms with Crippen LogP contribution in [0.25, 0.3) is 6.08 Å². The van der Waals surface area contributed by atoms with Crippen LogP contribution in [-0.4, -0.2) is 23.4 Å². The Morgan fingerprint density at radius 3 is 2.46 bits per heavy atom. The molecule has 2 aromatic rings. The van der Waals surface area contributed by atoms with Crippen LogP contribution in [-0.2, 0) is 4.79 Å². The van der Waals surface area contributed by atoms with Gasteiger partial charge in [0.2, 0.25) is 5.91 Å². The summed E-state index contributed by atoms with van der Waals surface area (Å²) < 4.78 is 5.36. The summed E-state index contributed by atoms with van der Waals surface area (Å²) in [6.45, 7) is 3.88.